The predicted molar refractivity (Wildman–Crippen MR) is 111 cm³/mol. The molecule has 6 heteroatoms. The maximum absolute atomic E-state index is 12.9. The van der Waals surface area contributed by atoms with E-state index in [1.165, 1.54) is 17.7 Å². The van der Waals surface area contributed by atoms with Crippen molar-refractivity contribution in [3.05, 3.63) is 59.9 Å². The molecule has 0 saturated carbocycles. The second-order valence-electron chi connectivity index (χ2n) is 7.23. The zero-order chi connectivity index (χ0) is 20.5. The Labute approximate surface area is 172 Å². The summed E-state index contributed by atoms with van der Waals surface area (Å²) < 4.78 is 23.7. The second-order valence-corrected chi connectivity index (χ2v) is 7.23. The van der Waals surface area contributed by atoms with Crippen LogP contribution in [0.2, 0.25) is 0 Å². The van der Waals surface area contributed by atoms with Crippen molar-refractivity contribution in [3.8, 4) is 11.5 Å². The first-order chi connectivity index (χ1) is 14.1. The monoisotopic (exact) mass is 400 g/mol. The molecule has 1 aliphatic heterocycles. The molecule has 2 aromatic carbocycles. The van der Waals surface area contributed by atoms with Crippen LogP contribution in [0.5, 0.6) is 11.5 Å². The minimum atomic E-state index is -0.262. The lowest BCUT2D eigenvalue weighted by Gasteiger charge is -2.34. The molecule has 1 heterocycles. The molecule has 29 heavy (non-hydrogen) atoms. The summed E-state index contributed by atoms with van der Waals surface area (Å²) in [7, 11) is 1.66. The largest absolute Gasteiger partial charge is 0.497 e. The Hall–Kier alpha value is -2.60. The van der Waals surface area contributed by atoms with Gasteiger partial charge in [0.1, 0.15) is 23.9 Å². The van der Waals surface area contributed by atoms with Gasteiger partial charge in [-0.05, 0) is 54.8 Å². The molecular weight excluding hydrogens is 371 g/mol. The Morgan fingerprint density at radius 2 is 1.62 bits per heavy atom. The molecule has 0 radical (unpaired) electrons. The number of hydrogen-bond acceptors (Lipinski definition) is 4. The summed E-state index contributed by atoms with van der Waals surface area (Å²) in [6.07, 6.45) is 2.34. The van der Waals surface area contributed by atoms with Crippen molar-refractivity contribution in [3.63, 3.8) is 0 Å². The van der Waals surface area contributed by atoms with Gasteiger partial charge in [0.2, 0.25) is 5.91 Å². The molecule has 5 nitrogen and oxygen atoms in total. The van der Waals surface area contributed by atoms with Crippen LogP contribution in [-0.2, 0) is 11.2 Å². The van der Waals surface area contributed by atoms with Crippen molar-refractivity contribution < 1.29 is 18.7 Å². The van der Waals surface area contributed by atoms with Gasteiger partial charge in [0.25, 0.3) is 0 Å². The van der Waals surface area contributed by atoms with E-state index >= 15 is 0 Å². The van der Waals surface area contributed by atoms with Gasteiger partial charge in [0.15, 0.2) is 0 Å². The summed E-state index contributed by atoms with van der Waals surface area (Å²) in [5.74, 6) is 1.51. The number of nitrogens with zero attached hydrogens (tertiary/aromatic N) is 2. The van der Waals surface area contributed by atoms with Crippen molar-refractivity contribution >= 4 is 5.91 Å². The van der Waals surface area contributed by atoms with Crippen LogP contribution in [0.15, 0.2) is 48.5 Å². The first-order valence-electron chi connectivity index (χ1n) is 10.2. The summed E-state index contributed by atoms with van der Waals surface area (Å²) >= 11 is 0. The average Bonchev–Trinajstić information content (AvgIpc) is 2.76. The van der Waals surface area contributed by atoms with Crippen LogP contribution >= 0.6 is 0 Å². The molecule has 0 atom stereocenters. The number of carbonyl (C=O) groups is 1. The maximum atomic E-state index is 12.9. The fraction of sp³-hybridized carbons (Fsp3) is 0.435. The molecule has 1 saturated heterocycles. The van der Waals surface area contributed by atoms with Crippen molar-refractivity contribution in [2.75, 3.05) is 46.4 Å². The van der Waals surface area contributed by atoms with E-state index in [1.807, 2.05) is 17.0 Å². The minimum Gasteiger partial charge on any atom is -0.497 e. The van der Waals surface area contributed by atoms with E-state index in [0.29, 0.717) is 18.8 Å². The highest BCUT2D eigenvalue weighted by Crippen LogP contribution is 2.14. The van der Waals surface area contributed by atoms with E-state index in [9.17, 15) is 9.18 Å². The fourth-order valence-corrected chi connectivity index (χ4v) is 3.44. The average molecular weight is 400 g/mol. The van der Waals surface area contributed by atoms with Crippen LogP contribution < -0.4 is 9.47 Å². The van der Waals surface area contributed by atoms with Crippen LogP contribution in [-0.4, -0.2) is 62.1 Å². The number of piperazine rings is 1. The van der Waals surface area contributed by atoms with Gasteiger partial charge in [-0.2, -0.15) is 0 Å². The first kappa shape index (κ1) is 21.1. The second kappa shape index (κ2) is 10.8. The third-order valence-corrected chi connectivity index (χ3v) is 5.23. The standard InChI is InChI=1S/C23H29FN2O3/c1-28-21-9-5-19(6-10-21)3-2-4-23(27)26-15-13-25(14-16-26)17-18-29-22-11-7-20(24)8-12-22/h5-12H,2-4,13-18H2,1H3. The molecule has 2 aromatic rings. The Morgan fingerprint density at radius 3 is 2.28 bits per heavy atom. The van der Waals surface area contributed by atoms with Crippen LogP contribution in [0, 0.1) is 5.82 Å². The third-order valence-electron chi connectivity index (χ3n) is 5.23. The molecular formula is C23H29FN2O3. The van der Waals surface area contributed by atoms with Crippen molar-refractivity contribution in [1.82, 2.24) is 9.80 Å². The molecule has 0 spiro atoms. The summed E-state index contributed by atoms with van der Waals surface area (Å²) in [6, 6.07) is 14.1. The molecule has 0 bridgehead atoms. The SMILES string of the molecule is COc1ccc(CCCC(=O)N2CCN(CCOc3ccc(F)cc3)CC2)cc1. The van der Waals surface area contributed by atoms with E-state index in [0.717, 1.165) is 51.3 Å². The van der Waals surface area contributed by atoms with Crippen LogP contribution in [0.3, 0.4) is 0 Å². The molecule has 0 aliphatic carbocycles. The van der Waals surface area contributed by atoms with Crippen LogP contribution in [0.1, 0.15) is 18.4 Å². The van der Waals surface area contributed by atoms with E-state index in [4.69, 9.17) is 9.47 Å². The molecule has 1 amide bonds. The maximum Gasteiger partial charge on any atom is 0.222 e. The molecule has 0 unspecified atom stereocenters. The van der Waals surface area contributed by atoms with Crippen molar-refractivity contribution in [1.29, 1.82) is 0 Å². The number of benzene rings is 2. The number of carbonyl (C=O) groups excluding carboxylic acids is 1. The van der Waals surface area contributed by atoms with Gasteiger partial charge in [0, 0.05) is 39.1 Å². The molecule has 1 fully saturated rings. The third kappa shape index (κ3) is 6.75. The highest BCUT2D eigenvalue weighted by molar-refractivity contribution is 5.76. The number of ether oxygens (including phenoxy) is 2. The topological polar surface area (TPSA) is 42.0 Å². The summed E-state index contributed by atoms with van der Waals surface area (Å²) in [4.78, 5) is 16.7. The fourth-order valence-electron chi connectivity index (χ4n) is 3.44. The summed E-state index contributed by atoms with van der Waals surface area (Å²) in [6.45, 7) is 4.60. The Bertz CT molecular complexity index is 757. The lowest BCUT2D eigenvalue weighted by Crippen LogP contribution is -2.49. The molecule has 0 N–H and O–H groups in total. The first-order valence-corrected chi connectivity index (χ1v) is 10.2. The normalized spacial score (nSPS) is 14.6. The van der Waals surface area contributed by atoms with Gasteiger partial charge in [-0.3, -0.25) is 9.69 Å². The smallest absolute Gasteiger partial charge is 0.222 e. The quantitative estimate of drug-likeness (QED) is 0.647. The minimum absolute atomic E-state index is 0.237. The van der Waals surface area contributed by atoms with Gasteiger partial charge >= 0.3 is 0 Å². The lowest BCUT2D eigenvalue weighted by atomic mass is 10.1. The number of aryl methyl sites for hydroxylation is 1. The van der Waals surface area contributed by atoms with E-state index < -0.39 is 0 Å². The number of methoxy groups -OCH3 is 1. The molecule has 3 rings (SSSR count). The van der Waals surface area contributed by atoms with E-state index in [1.54, 1.807) is 19.2 Å². The van der Waals surface area contributed by atoms with Gasteiger partial charge in [-0.15, -0.1) is 0 Å². The number of hydrogen-bond donors (Lipinski definition) is 0. The van der Waals surface area contributed by atoms with E-state index in [2.05, 4.69) is 17.0 Å². The molecule has 1 aliphatic rings. The lowest BCUT2D eigenvalue weighted by molar-refractivity contribution is -0.133. The van der Waals surface area contributed by atoms with Gasteiger partial charge in [-0.1, -0.05) is 12.1 Å². The Kier molecular flexibility index (Phi) is 7.87. The highest BCUT2D eigenvalue weighted by Gasteiger charge is 2.20. The van der Waals surface area contributed by atoms with E-state index in [-0.39, 0.29) is 11.7 Å². The number of halogens is 1. The highest BCUT2D eigenvalue weighted by atomic mass is 19.1. The number of amides is 1. The summed E-state index contributed by atoms with van der Waals surface area (Å²) in [5.41, 5.74) is 1.23. The van der Waals surface area contributed by atoms with Crippen molar-refractivity contribution in [2.45, 2.75) is 19.3 Å². The van der Waals surface area contributed by atoms with Crippen molar-refractivity contribution in [2.24, 2.45) is 0 Å². The zero-order valence-electron chi connectivity index (χ0n) is 17.0. The Morgan fingerprint density at radius 1 is 0.966 bits per heavy atom. The Balaban J connectivity index is 1.30. The molecule has 0 aromatic heterocycles. The van der Waals surface area contributed by atoms with Gasteiger partial charge in [-0.25, -0.2) is 4.39 Å². The van der Waals surface area contributed by atoms with Crippen LogP contribution in [0.25, 0.3) is 0 Å². The molecule has 156 valence electrons. The predicted octanol–water partition coefficient (Wildman–Crippen LogP) is 3.38. The van der Waals surface area contributed by atoms with Gasteiger partial charge < -0.3 is 14.4 Å². The number of rotatable bonds is 9. The van der Waals surface area contributed by atoms with Gasteiger partial charge in [0.05, 0.1) is 7.11 Å². The zero-order valence-corrected chi connectivity index (χ0v) is 17.0. The van der Waals surface area contributed by atoms with Crippen LogP contribution in [0.4, 0.5) is 4.39 Å². The summed E-state index contributed by atoms with van der Waals surface area (Å²) in [5, 5.41) is 0.